The minimum Gasteiger partial charge on any atom is -0.327 e. The van der Waals surface area contributed by atoms with Gasteiger partial charge in [-0.25, -0.2) is 0 Å². The standard InChI is InChI=1S/C9H11N3O2S2/c1-11-2-3-16-9(11)10-7(13)4-12-6-15-5-8(12)14/h2-3H,4-6H2,1H3. The van der Waals surface area contributed by atoms with Crippen LogP contribution in [0.5, 0.6) is 0 Å². The van der Waals surface area contributed by atoms with Crippen molar-refractivity contribution in [2.75, 3.05) is 18.2 Å². The summed E-state index contributed by atoms with van der Waals surface area (Å²) in [4.78, 5) is 29.0. The largest absolute Gasteiger partial charge is 0.327 e. The fraction of sp³-hybridized carbons (Fsp3) is 0.444. The third-order valence-electron chi connectivity index (χ3n) is 2.13. The van der Waals surface area contributed by atoms with Gasteiger partial charge in [0.25, 0.3) is 5.91 Å². The molecule has 0 atom stereocenters. The van der Waals surface area contributed by atoms with Crippen molar-refractivity contribution >= 4 is 34.9 Å². The van der Waals surface area contributed by atoms with Gasteiger partial charge < -0.3 is 9.47 Å². The Morgan fingerprint density at radius 3 is 3.00 bits per heavy atom. The van der Waals surface area contributed by atoms with Crippen LogP contribution in [0.1, 0.15) is 0 Å². The number of hydrogen-bond donors (Lipinski definition) is 0. The topological polar surface area (TPSA) is 54.7 Å². The highest BCUT2D eigenvalue weighted by atomic mass is 32.2. The molecule has 16 heavy (non-hydrogen) atoms. The third-order valence-corrected chi connectivity index (χ3v) is 3.92. The first-order chi connectivity index (χ1) is 7.66. The van der Waals surface area contributed by atoms with Crippen LogP contribution in [0.15, 0.2) is 16.6 Å². The van der Waals surface area contributed by atoms with E-state index in [0.29, 0.717) is 16.4 Å². The predicted molar refractivity (Wildman–Crippen MR) is 62.9 cm³/mol. The summed E-state index contributed by atoms with van der Waals surface area (Å²) in [6.45, 7) is 0.0870. The van der Waals surface area contributed by atoms with E-state index in [2.05, 4.69) is 4.99 Å². The highest BCUT2D eigenvalue weighted by molar-refractivity contribution is 8.00. The minimum absolute atomic E-state index is 0.0177. The molecule has 2 rings (SSSR count). The van der Waals surface area contributed by atoms with E-state index in [-0.39, 0.29) is 18.4 Å². The molecule has 1 aromatic heterocycles. The third kappa shape index (κ3) is 2.53. The number of aryl methyl sites for hydroxylation is 1. The SMILES string of the molecule is Cn1ccsc1=NC(=O)CN1CSCC1=O. The fourth-order valence-electron chi connectivity index (χ4n) is 1.28. The van der Waals surface area contributed by atoms with E-state index in [1.807, 2.05) is 18.6 Å². The van der Waals surface area contributed by atoms with Gasteiger partial charge in [0.1, 0.15) is 6.54 Å². The molecule has 0 radical (unpaired) electrons. The highest BCUT2D eigenvalue weighted by Gasteiger charge is 2.22. The van der Waals surface area contributed by atoms with Gasteiger partial charge in [0, 0.05) is 18.6 Å². The second-order valence-corrected chi connectivity index (χ2v) is 5.20. The lowest BCUT2D eigenvalue weighted by Gasteiger charge is -2.10. The molecule has 2 heterocycles. The zero-order chi connectivity index (χ0) is 11.5. The molecule has 86 valence electrons. The van der Waals surface area contributed by atoms with E-state index in [4.69, 9.17) is 0 Å². The van der Waals surface area contributed by atoms with Crippen molar-refractivity contribution in [3.05, 3.63) is 16.4 Å². The molecule has 2 amide bonds. The van der Waals surface area contributed by atoms with Gasteiger partial charge in [0.05, 0.1) is 11.6 Å². The molecule has 1 aliphatic heterocycles. The van der Waals surface area contributed by atoms with Crippen LogP contribution in [-0.2, 0) is 16.6 Å². The number of thioether (sulfide) groups is 1. The van der Waals surface area contributed by atoms with Crippen LogP contribution in [0.4, 0.5) is 0 Å². The lowest BCUT2D eigenvalue weighted by molar-refractivity contribution is -0.131. The number of amides is 2. The zero-order valence-corrected chi connectivity index (χ0v) is 10.4. The van der Waals surface area contributed by atoms with Crippen molar-refractivity contribution < 1.29 is 9.59 Å². The van der Waals surface area contributed by atoms with E-state index in [0.717, 1.165) is 0 Å². The first kappa shape index (κ1) is 11.4. The van der Waals surface area contributed by atoms with Crippen LogP contribution in [-0.4, -0.2) is 39.5 Å². The Labute approximate surface area is 101 Å². The van der Waals surface area contributed by atoms with E-state index >= 15 is 0 Å². The number of nitrogens with zero attached hydrogens (tertiary/aromatic N) is 3. The molecule has 0 N–H and O–H groups in total. The van der Waals surface area contributed by atoms with E-state index in [1.165, 1.54) is 28.0 Å². The Balaban J connectivity index is 2.05. The van der Waals surface area contributed by atoms with Crippen LogP contribution in [0.25, 0.3) is 0 Å². The zero-order valence-electron chi connectivity index (χ0n) is 8.75. The summed E-state index contributed by atoms with van der Waals surface area (Å²) >= 11 is 2.93. The summed E-state index contributed by atoms with van der Waals surface area (Å²) < 4.78 is 1.78. The number of rotatable bonds is 2. The Bertz CT molecular complexity index is 477. The Hall–Kier alpha value is -1.08. The maximum atomic E-state index is 11.6. The maximum absolute atomic E-state index is 11.6. The molecule has 5 nitrogen and oxygen atoms in total. The summed E-state index contributed by atoms with van der Waals surface area (Å²) in [5.74, 6) is 0.814. The van der Waals surface area contributed by atoms with Gasteiger partial charge in [-0.3, -0.25) is 9.59 Å². The molecule has 7 heteroatoms. The van der Waals surface area contributed by atoms with E-state index in [1.54, 1.807) is 4.57 Å². The molecule has 1 saturated heterocycles. The summed E-state index contributed by atoms with van der Waals surface area (Å²) in [6.07, 6.45) is 1.84. The average Bonchev–Trinajstić information content (AvgIpc) is 2.79. The lowest BCUT2D eigenvalue weighted by atomic mass is 10.5. The van der Waals surface area contributed by atoms with Crippen molar-refractivity contribution in [3.8, 4) is 0 Å². The fourth-order valence-corrected chi connectivity index (χ4v) is 2.93. The van der Waals surface area contributed by atoms with Crippen LogP contribution in [0, 0.1) is 0 Å². The van der Waals surface area contributed by atoms with Crippen molar-refractivity contribution in [2.24, 2.45) is 12.0 Å². The second-order valence-electron chi connectivity index (χ2n) is 3.37. The van der Waals surface area contributed by atoms with Gasteiger partial charge in [-0.05, 0) is 0 Å². The first-order valence-electron chi connectivity index (χ1n) is 4.70. The Morgan fingerprint density at radius 2 is 2.44 bits per heavy atom. The first-order valence-corrected chi connectivity index (χ1v) is 6.73. The Morgan fingerprint density at radius 1 is 1.62 bits per heavy atom. The van der Waals surface area contributed by atoms with Crippen molar-refractivity contribution in [1.82, 2.24) is 9.47 Å². The van der Waals surface area contributed by atoms with Gasteiger partial charge >= 0.3 is 0 Å². The van der Waals surface area contributed by atoms with Gasteiger partial charge in [0.15, 0.2) is 4.80 Å². The molecule has 0 aromatic carbocycles. The quantitative estimate of drug-likeness (QED) is 0.752. The minimum atomic E-state index is -0.270. The highest BCUT2D eigenvalue weighted by Crippen LogP contribution is 2.14. The van der Waals surface area contributed by atoms with Crippen LogP contribution < -0.4 is 4.80 Å². The lowest BCUT2D eigenvalue weighted by Crippen LogP contribution is -2.31. The number of carbonyl (C=O) groups is 2. The second kappa shape index (κ2) is 4.84. The van der Waals surface area contributed by atoms with Gasteiger partial charge in [-0.2, -0.15) is 4.99 Å². The summed E-state index contributed by atoms with van der Waals surface area (Å²) in [6, 6.07) is 0. The molecule has 0 aliphatic carbocycles. The van der Waals surface area contributed by atoms with Gasteiger partial charge in [0.2, 0.25) is 5.91 Å². The van der Waals surface area contributed by atoms with Crippen molar-refractivity contribution in [3.63, 3.8) is 0 Å². The molecule has 1 fully saturated rings. The van der Waals surface area contributed by atoms with E-state index in [9.17, 15) is 9.59 Å². The van der Waals surface area contributed by atoms with E-state index < -0.39 is 0 Å². The van der Waals surface area contributed by atoms with Crippen LogP contribution in [0.2, 0.25) is 0 Å². The summed E-state index contributed by atoms with van der Waals surface area (Å²) in [5, 5.41) is 1.86. The normalized spacial score (nSPS) is 17.2. The molecular formula is C9H11N3O2S2. The number of thiazole rings is 1. The number of carbonyl (C=O) groups excluding carboxylic acids is 2. The maximum Gasteiger partial charge on any atom is 0.267 e. The molecule has 1 aromatic rings. The van der Waals surface area contributed by atoms with Gasteiger partial charge in [-0.1, -0.05) is 0 Å². The number of aromatic nitrogens is 1. The molecule has 0 saturated carbocycles. The molecule has 0 bridgehead atoms. The monoisotopic (exact) mass is 257 g/mol. The molecular weight excluding hydrogens is 246 g/mol. The summed E-state index contributed by atoms with van der Waals surface area (Å²) in [7, 11) is 1.83. The smallest absolute Gasteiger partial charge is 0.267 e. The molecule has 0 unspecified atom stereocenters. The molecule has 1 aliphatic rings. The van der Waals surface area contributed by atoms with Crippen molar-refractivity contribution in [2.45, 2.75) is 0 Å². The Kier molecular flexibility index (Phi) is 3.45. The summed E-state index contributed by atoms with van der Waals surface area (Å²) in [5.41, 5.74) is 0. The average molecular weight is 257 g/mol. The van der Waals surface area contributed by atoms with Crippen LogP contribution >= 0.6 is 23.1 Å². The van der Waals surface area contributed by atoms with Gasteiger partial charge in [-0.15, -0.1) is 23.1 Å². The number of hydrogen-bond acceptors (Lipinski definition) is 4. The van der Waals surface area contributed by atoms with Crippen LogP contribution in [0.3, 0.4) is 0 Å². The predicted octanol–water partition coefficient (Wildman–Crippen LogP) is 0.0468. The van der Waals surface area contributed by atoms with Crippen molar-refractivity contribution in [1.29, 1.82) is 0 Å². The molecule has 0 spiro atoms.